The molecule has 0 saturated carbocycles. The lowest BCUT2D eigenvalue weighted by Gasteiger charge is -2.38. The summed E-state index contributed by atoms with van der Waals surface area (Å²) in [6.45, 7) is 0. The van der Waals surface area contributed by atoms with Gasteiger partial charge in [0.15, 0.2) is 0 Å². The number of rotatable bonds is 8. The smallest absolute Gasteiger partial charge is 0.309 e. The van der Waals surface area contributed by atoms with E-state index >= 15 is 26.3 Å². The van der Waals surface area contributed by atoms with Gasteiger partial charge in [-0.25, -0.2) is 0 Å². The molecule has 0 unspecified atom stereocenters. The lowest BCUT2D eigenvalue weighted by Crippen LogP contribution is -2.55. The maximum absolute atomic E-state index is 15.2. The molecular formula is C73H46F6N8. The number of para-hydroxylation sites is 4. The van der Waals surface area contributed by atoms with Gasteiger partial charge in [0.2, 0.25) is 5.41 Å². The third kappa shape index (κ3) is 8.54. The van der Waals surface area contributed by atoms with Crippen LogP contribution in [-0.2, 0) is 11.8 Å². The highest BCUT2D eigenvalue weighted by Gasteiger charge is 2.73. The summed E-state index contributed by atoms with van der Waals surface area (Å²) in [7, 11) is 0. The maximum atomic E-state index is 15.2. The molecule has 14 heteroatoms. The summed E-state index contributed by atoms with van der Waals surface area (Å²) in [6.07, 6.45) is 8.20. The van der Waals surface area contributed by atoms with E-state index in [4.69, 9.17) is 0 Å². The van der Waals surface area contributed by atoms with E-state index in [2.05, 4.69) is 144 Å². The number of halogens is 6. The quantitative estimate of drug-likeness (QED) is 0.112. The number of allylic oxidation sites excluding steroid dienone is 5. The summed E-state index contributed by atoms with van der Waals surface area (Å²) >= 11 is 0. The number of hydrogen-bond donors (Lipinski definition) is 0. The van der Waals surface area contributed by atoms with E-state index in [0.29, 0.717) is 22.4 Å². The Kier molecular flexibility index (Phi) is 12.5. The van der Waals surface area contributed by atoms with Crippen LogP contribution in [0.25, 0.3) is 110 Å². The van der Waals surface area contributed by atoms with Gasteiger partial charge < -0.3 is 18.3 Å². The van der Waals surface area contributed by atoms with Crippen LogP contribution in [0.1, 0.15) is 16.7 Å². The van der Waals surface area contributed by atoms with Crippen LogP contribution in [0.3, 0.4) is 0 Å². The number of alkyl halides is 6. The Morgan fingerprint density at radius 2 is 0.690 bits per heavy atom. The molecule has 0 radical (unpaired) electrons. The molecule has 1 aliphatic rings. The lowest BCUT2D eigenvalue weighted by atomic mass is 9.72. The molecule has 0 fully saturated rings. The summed E-state index contributed by atoms with van der Waals surface area (Å²) in [5.74, 6) is 0. The Morgan fingerprint density at radius 3 is 1.15 bits per heavy atom. The fraction of sp³-hybridized carbons (Fsp3) is 0.0548. The number of benzene rings is 7. The number of pyridine rings is 4. The lowest BCUT2D eigenvalue weighted by molar-refractivity contribution is -0.288. The van der Waals surface area contributed by atoms with Crippen LogP contribution in [0.5, 0.6) is 0 Å². The van der Waals surface area contributed by atoms with Gasteiger partial charge in [-0.2, -0.15) is 26.3 Å². The molecule has 7 aromatic carbocycles. The van der Waals surface area contributed by atoms with E-state index in [-0.39, 0.29) is 0 Å². The Balaban J connectivity index is 0.000000150. The van der Waals surface area contributed by atoms with Crippen molar-refractivity contribution in [1.29, 1.82) is 0 Å². The number of nitrogens with zero attached hydrogens (tertiary/aromatic N) is 8. The van der Waals surface area contributed by atoms with E-state index in [9.17, 15) is 0 Å². The van der Waals surface area contributed by atoms with Gasteiger partial charge in [0.1, 0.15) is 0 Å². The predicted molar refractivity (Wildman–Crippen MR) is 335 cm³/mol. The molecule has 0 bridgehead atoms. The topological polar surface area (TPSA) is 71.3 Å². The predicted octanol–water partition coefficient (Wildman–Crippen LogP) is 18.5. The standard InChI is InChI=1S/C38H22F6N4.C35H24N4/c39-37(40,41)36(38(42,43)44,25-13-16-27(17-14-25)48-33-11-4-2-9-29(33)31-23-46-21-19-35(31)48)24-6-5-7-26(15-12-24)47-32-10-3-1-8-28(32)30-22-45-20-18-34(30)47;1-3-7-32-28(5-1)30-17-19-36-22-34(30)38(32)26-13-9-24(10-14-26)21-25-11-15-27(16-12-25)39-33-8-4-2-6-29(33)31-18-20-37-23-35(31)39/h1-5,7-23H;1-20,22-23H,21H2. The second-order valence-corrected chi connectivity index (χ2v) is 21.4. The van der Waals surface area contributed by atoms with Crippen molar-refractivity contribution in [2.24, 2.45) is 0 Å². The first kappa shape index (κ1) is 52.7. The van der Waals surface area contributed by atoms with Crippen molar-refractivity contribution in [1.82, 2.24) is 38.2 Å². The molecule has 0 spiro atoms. The van der Waals surface area contributed by atoms with Crippen molar-refractivity contribution in [3.63, 3.8) is 0 Å². The molecule has 0 aliphatic heterocycles. The average Bonchev–Trinajstić information content (AvgIpc) is 1.95. The molecule has 8 nitrogen and oxygen atoms in total. The van der Waals surface area contributed by atoms with Crippen molar-refractivity contribution < 1.29 is 26.3 Å². The first-order valence-corrected chi connectivity index (χ1v) is 28.1. The summed E-state index contributed by atoms with van der Waals surface area (Å²) in [5, 5.41) is 8.24. The average molecular weight is 1150 g/mol. The van der Waals surface area contributed by atoms with E-state index in [1.165, 1.54) is 68.0 Å². The summed E-state index contributed by atoms with van der Waals surface area (Å²) in [5.41, 5.74) is 9.11. The molecule has 0 N–H and O–H groups in total. The summed E-state index contributed by atoms with van der Waals surface area (Å²) < 4.78 is 99.3. The SMILES string of the molecule is FC(F)(F)C(C1=C=CC=C(n2c3ccccc3c3cnccc32)C=C1)(c1ccc(-n2c3ccccc3c3cnccc32)cc1)C(F)(F)F.c1ccc2c(c1)c1ccncc1n2-c1ccc(Cc2ccc(-n3c4ccccc4c4ccncc43)cc2)cc1. The van der Waals surface area contributed by atoms with Crippen LogP contribution in [-0.4, -0.2) is 50.6 Å². The molecule has 0 atom stereocenters. The first-order valence-electron chi connectivity index (χ1n) is 28.1. The van der Waals surface area contributed by atoms with Gasteiger partial charge in [-0.15, -0.1) is 5.73 Å². The molecule has 8 heterocycles. The van der Waals surface area contributed by atoms with E-state index in [1.807, 2.05) is 73.3 Å². The van der Waals surface area contributed by atoms with Gasteiger partial charge >= 0.3 is 12.4 Å². The van der Waals surface area contributed by atoms with Gasteiger partial charge in [0.25, 0.3) is 0 Å². The summed E-state index contributed by atoms with van der Waals surface area (Å²) in [4.78, 5) is 17.2. The van der Waals surface area contributed by atoms with Gasteiger partial charge in [-0.1, -0.05) is 109 Å². The van der Waals surface area contributed by atoms with Crippen LogP contribution in [0.4, 0.5) is 26.3 Å². The van der Waals surface area contributed by atoms with Crippen LogP contribution in [0, 0.1) is 0 Å². The molecule has 1 aliphatic carbocycles. The highest BCUT2D eigenvalue weighted by Crippen LogP contribution is 2.57. The zero-order valence-electron chi connectivity index (χ0n) is 46.0. The van der Waals surface area contributed by atoms with Gasteiger partial charge in [0, 0.05) is 109 Å². The number of aromatic nitrogens is 8. The fourth-order valence-electron chi connectivity index (χ4n) is 12.8. The molecule has 0 amide bonds. The number of fused-ring (bicyclic) bond motifs is 12. The second-order valence-electron chi connectivity index (χ2n) is 21.4. The Bertz CT molecular complexity index is 4940. The first-order chi connectivity index (χ1) is 42.5. The monoisotopic (exact) mass is 1150 g/mol. The molecule has 420 valence electrons. The largest absolute Gasteiger partial charge is 0.411 e. The van der Waals surface area contributed by atoms with Crippen molar-refractivity contribution in [3.05, 3.63) is 296 Å². The zero-order valence-corrected chi connectivity index (χ0v) is 46.0. The highest BCUT2D eigenvalue weighted by atomic mass is 19.4. The van der Waals surface area contributed by atoms with E-state index < -0.39 is 28.9 Å². The van der Waals surface area contributed by atoms with Crippen molar-refractivity contribution in [2.75, 3.05) is 0 Å². The minimum Gasteiger partial charge on any atom is -0.309 e. The van der Waals surface area contributed by atoms with Crippen molar-refractivity contribution in [3.8, 4) is 17.1 Å². The molecule has 87 heavy (non-hydrogen) atoms. The third-order valence-corrected chi connectivity index (χ3v) is 16.7. The molecule has 8 aromatic heterocycles. The highest BCUT2D eigenvalue weighted by molar-refractivity contribution is 6.12. The van der Waals surface area contributed by atoms with Crippen LogP contribution >= 0.6 is 0 Å². The molecular weight excluding hydrogens is 1100 g/mol. The molecule has 16 rings (SSSR count). The van der Waals surface area contributed by atoms with Gasteiger partial charge in [-0.05, 0) is 132 Å². The molecule has 0 saturated heterocycles. The fourth-order valence-corrected chi connectivity index (χ4v) is 12.8. The van der Waals surface area contributed by atoms with Gasteiger partial charge in [-0.3, -0.25) is 19.9 Å². The van der Waals surface area contributed by atoms with E-state index in [1.54, 1.807) is 46.1 Å². The van der Waals surface area contributed by atoms with Crippen LogP contribution < -0.4 is 0 Å². The Morgan fingerprint density at radius 1 is 0.333 bits per heavy atom. The normalized spacial score (nSPS) is 13.1. The minimum atomic E-state index is -5.77. The second kappa shape index (κ2) is 20.6. The number of hydrogen-bond acceptors (Lipinski definition) is 4. The van der Waals surface area contributed by atoms with E-state index in [0.717, 1.165) is 85.7 Å². The Hall–Kier alpha value is -11.1. The Labute approximate surface area is 492 Å². The summed E-state index contributed by atoms with van der Waals surface area (Å²) in [6, 6.07) is 61.7. The van der Waals surface area contributed by atoms with Crippen LogP contribution in [0.2, 0.25) is 0 Å². The van der Waals surface area contributed by atoms with Crippen LogP contribution in [0.15, 0.2) is 279 Å². The van der Waals surface area contributed by atoms with Crippen molar-refractivity contribution >= 4 is 92.9 Å². The minimum absolute atomic E-state index is 0.365. The third-order valence-electron chi connectivity index (χ3n) is 16.7. The molecule has 15 aromatic rings. The zero-order chi connectivity index (χ0) is 59.0. The van der Waals surface area contributed by atoms with Gasteiger partial charge in [0.05, 0.1) is 56.5 Å². The maximum Gasteiger partial charge on any atom is 0.411 e. The van der Waals surface area contributed by atoms with Crippen molar-refractivity contribution in [2.45, 2.75) is 24.2 Å².